The van der Waals surface area contributed by atoms with Crippen LogP contribution in [-0.4, -0.2) is 19.8 Å². The monoisotopic (exact) mass is 323 g/mol. The van der Waals surface area contributed by atoms with Crippen LogP contribution in [0.5, 0.6) is 0 Å². The van der Waals surface area contributed by atoms with Gasteiger partial charge < -0.3 is 0 Å². The van der Waals surface area contributed by atoms with Crippen molar-refractivity contribution in [1.82, 2.24) is 4.72 Å². The molecular formula is C11H15BrFNO2S. The minimum Gasteiger partial charge on any atom is -0.211 e. The van der Waals surface area contributed by atoms with Gasteiger partial charge in [0.1, 0.15) is 5.82 Å². The zero-order valence-electron chi connectivity index (χ0n) is 9.70. The molecule has 1 rings (SSSR count). The lowest BCUT2D eigenvalue weighted by molar-refractivity contribution is 0.574. The van der Waals surface area contributed by atoms with Crippen LogP contribution in [0.1, 0.15) is 18.9 Å². The lowest BCUT2D eigenvalue weighted by atomic mass is 10.2. The number of benzene rings is 1. The number of sulfonamides is 1. The summed E-state index contributed by atoms with van der Waals surface area (Å²) in [6.45, 7) is 3.90. The van der Waals surface area contributed by atoms with Crippen molar-refractivity contribution >= 4 is 26.0 Å². The number of hydrogen-bond acceptors (Lipinski definition) is 2. The summed E-state index contributed by atoms with van der Waals surface area (Å²) < 4.78 is 39.3. The van der Waals surface area contributed by atoms with E-state index in [2.05, 4.69) is 20.7 Å². The summed E-state index contributed by atoms with van der Waals surface area (Å²) in [5.74, 6) is -0.551. The van der Waals surface area contributed by atoms with Crippen LogP contribution in [0.3, 0.4) is 0 Å². The van der Waals surface area contributed by atoms with E-state index >= 15 is 0 Å². The molecule has 1 aromatic carbocycles. The van der Waals surface area contributed by atoms with Crippen LogP contribution in [0, 0.1) is 12.7 Å². The molecule has 0 bridgehead atoms. The molecule has 0 heterocycles. The Morgan fingerprint density at radius 2 is 2.12 bits per heavy atom. The van der Waals surface area contributed by atoms with E-state index in [1.165, 1.54) is 12.1 Å². The topological polar surface area (TPSA) is 46.2 Å². The van der Waals surface area contributed by atoms with E-state index in [9.17, 15) is 12.8 Å². The Hall–Kier alpha value is -0.460. The third kappa shape index (κ3) is 4.37. The first-order valence-corrected chi connectivity index (χ1v) is 7.62. The molecule has 1 aromatic rings. The maximum atomic E-state index is 13.0. The normalized spacial score (nSPS) is 13.6. The molecule has 17 heavy (non-hydrogen) atoms. The van der Waals surface area contributed by atoms with Crippen LogP contribution < -0.4 is 4.72 Å². The van der Waals surface area contributed by atoms with Crippen LogP contribution in [0.25, 0.3) is 0 Å². The highest BCUT2D eigenvalue weighted by Crippen LogP contribution is 2.16. The fraction of sp³-hybridized carbons (Fsp3) is 0.455. The molecule has 1 unspecified atom stereocenters. The third-order valence-electron chi connectivity index (χ3n) is 2.27. The smallest absolute Gasteiger partial charge is 0.211 e. The van der Waals surface area contributed by atoms with Gasteiger partial charge in [-0.05, 0) is 31.0 Å². The van der Waals surface area contributed by atoms with E-state index in [1.54, 1.807) is 6.92 Å². The van der Waals surface area contributed by atoms with E-state index in [0.29, 0.717) is 18.5 Å². The summed E-state index contributed by atoms with van der Waals surface area (Å²) in [7, 11) is -3.62. The fourth-order valence-corrected chi connectivity index (χ4v) is 2.86. The number of rotatable bonds is 5. The predicted octanol–water partition coefficient (Wildman–Crippen LogP) is 2.59. The summed E-state index contributed by atoms with van der Waals surface area (Å²) in [4.78, 5) is 0.235. The van der Waals surface area contributed by atoms with Crippen molar-refractivity contribution in [2.75, 3.05) is 6.54 Å². The Kier molecular flexibility index (Phi) is 5.09. The fourth-order valence-electron chi connectivity index (χ4n) is 1.33. The van der Waals surface area contributed by atoms with E-state index in [1.807, 2.05) is 6.92 Å². The second kappa shape index (κ2) is 5.93. The molecule has 0 aliphatic rings. The molecule has 3 nitrogen and oxygen atoms in total. The van der Waals surface area contributed by atoms with Crippen LogP contribution in [0.2, 0.25) is 0 Å². The molecule has 1 atom stereocenters. The number of hydrogen-bond donors (Lipinski definition) is 1. The number of alkyl halides is 1. The molecule has 0 aliphatic heterocycles. The average Bonchev–Trinajstić information content (AvgIpc) is 2.20. The SMILES string of the molecule is Cc1ccc(F)cc1S(=O)(=O)NCCC(C)Br. The first-order chi connectivity index (χ1) is 7.83. The number of nitrogens with one attached hydrogen (secondary N) is 1. The summed E-state index contributed by atoms with van der Waals surface area (Å²) in [6.07, 6.45) is 0.674. The number of halogens is 2. The van der Waals surface area contributed by atoms with Gasteiger partial charge in [0.05, 0.1) is 4.90 Å². The van der Waals surface area contributed by atoms with Gasteiger partial charge in [-0.15, -0.1) is 0 Å². The Morgan fingerprint density at radius 1 is 1.47 bits per heavy atom. The first kappa shape index (κ1) is 14.6. The predicted molar refractivity (Wildman–Crippen MR) is 69.3 cm³/mol. The third-order valence-corrected chi connectivity index (χ3v) is 4.33. The first-order valence-electron chi connectivity index (χ1n) is 5.23. The molecule has 0 saturated carbocycles. The van der Waals surface area contributed by atoms with Gasteiger partial charge in [-0.2, -0.15) is 0 Å². The van der Waals surface area contributed by atoms with Gasteiger partial charge in [-0.3, -0.25) is 0 Å². The maximum Gasteiger partial charge on any atom is 0.240 e. The van der Waals surface area contributed by atoms with Gasteiger partial charge in [0.15, 0.2) is 0 Å². The second-order valence-corrected chi connectivity index (χ2v) is 7.18. The van der Waals surface area contributed by atoms with Gasteiger partial charge in [0.25, 0.3) is 0 Å². The molecule has 1 N–H and O–H groups in total. The van der Waals surface area contributed by atoms with Crippen molar-refractivity contribution in [2.24, 2.45) is 0 Å². The number of aryl methyl sites for hydroxylation is 1. The molecule has 0 radical (unpaired) electrons. The van der Waals surface area contributed by atoms with Crippen molar-refractivity contribution < 1.29 is 12.8 Å². The van der Waals surface area contributed by atoms with E-state index in [0.717, 1.165) is 6.07 Å². The minimum absolute atomic E-state index is 0.000254. The summed E-state index contributed by atoms with van der Waals surface area (Å²) in [5.41, 5.74) is 0.533. The molecule has 0 spiro atoms. The molecule has 6 heteroatoms. The van der Waals surface area contributed by atoms with Crippen molar-refractivity contribution in [2.45, 2.75) is 30.0 Å². The van der Waals surface area contributed by atoms with Gasteiger partial charge >= 0.3 is 0 Å². The lowest BCUT2D eigenvalue weighted by Gasteiger charge is -2.10. The average molecular weight is 324 g/mol. The molecule has 0 amide bonds. The molecule has 0 aromatic heterocycles. The highest BCUT2D eigenvalue weighted by atomic mass is 79.9. The summed E-state index contributed by atoms with van der Waals surface area (Å²) in [6, 6.07) is 3.74. The van der Waals surface area contributed by atoms with Crippen LogP contribution in [0.15, 0.2) is 23.1 Å². The molecular weight excluding hydrogens is 309 g/mol. The van der Waals surface area contributed by atoms with E-state index in [4.69, 9.17) is 0 Å². The molecule has 0 fully saturated rings. The van der Waals surface area contributed by atoms with Crippen LogP contribution in [-0.2, 0) is 10.0 Å². The van der Waals surface area contributed by atoms with E-state index in [-0.39, 0.29) is 9.72 Å². The van der Waals surface area contributed by atoms with Gasteiger partial charge in [-0.25, -0.2) is 17.5 Å². The van der Waals surface area contributed by atoms with Crippen molar-refractivity contribution in [3.8, 4) is 0 Å². The maximum absolute atomic E-state index is 13.0. The van der Waals surface area contributed by atoms with Gasteiger partial charge in [0, 0.05) is 11.4 Å². The Morgan fingerprint density at radius 3 is 2.71 bits per heavy atom. The van der Waals surface area contributed by atoms with E-state index < -0.39 is 15.8 Å². The zero-order chi connectivity index (χ0) is 13.1. The van der Waals surface area contributed by atoms with Crippen LogP contribution >= 0.6 is 15.9 Å². The van der Waals surface area contributed by atoms with Crippen molar-refractivity contribution in [3.05, 3.63) is 29.6 Å². The standard InChI is InChI=1S/C11H15BrFNO2S/c1-8-3-4-10(13)7-11(8)17(15,16)14-6-5-9(2)12/h3-4,7,9,14H,5-6H2,1-2H3. The second-order valence-electron chi connectivity index (χ2n) is 3.88. The summed E-state index contributed by atoms with van der Waals surface area (Å²) >= 11 is 3.33. The lowest BCUT2D eigenvalue weighted by Crippen LogP contribution is -2.26. The quantitative estimate of drug-likeness (QED) is 0.846. The highest BCUT2D eigenvalue weighted by molar-refractivity contribution is 9.09. The van der Waals surface area contributed by atoms with Crippen molar-refractivity contribution in [3.63, 3.8) is 0 Å². The Bertz CT molecular complexity index is 488. The minimum atomic E-state index is -3.62. The van der Waals surface area contributed by atoms with Gasteiger partial charge in [-0.1, -0.05) is 28.9 Å². The van der Waals surface area contributed by atoms with Gasteiger partial charge in [0.2, 0.25) is 10.0 Å². The zero-order valence-corrected chi connectivity index (χ0v) is 12.1. The van der Waals surface area contributed by atoms with Crippen molar-refractivity contribution in [1.29, 1.82) is 0 Å². The van der Waals surface area contributed by atoms with Crippen LogP contribution in [0.4, 0.5) is 4.39 Å². The highest BCUT2D eigenvalue weighted by Gasteiger charge is 2.17. The summed E-state index contributed by atoms with van der Waals surface area (Å²) in [5, 5.41) is 0. The largest absolute Gasteiger partial charge is 0.240 e. The molecule has 0 saturated heterocycles. The molecule has 96 valence electrons. The Labute approximate surface area is 110 Å². The molecule has 0 aliphatic carbocycles. The Balaban J connectivity index is 2.86.